The quantitative estimate of drug-likeness (QED) is 0.573. The van der Waals surface area contributed by atoms with E-state index in [9.17, 15) is 9.59 Å². The number of hydrogen-bond acceptors (Lipinski definition) is 5. The number of carbonyl (C=O) groups is 2. The zero-order valence-electron chi connectivity index (χ0n) is 12.0. The molecule has 0 unspecified atom stereocenters. The van der Waals surface area contributed by atoms with Gasteiger partial charge in [0.2, 0.25) is 0 Å². The summed E-state index contributed by atoms with van der Waals surface area (Å²) in [7, 11) is 0. The first-order chi connectivity index (χ1) is 7.93. The van der Waals surface area contributed by atoms with E-state index in [1.54, 1.807) is 41.5 Å². The van der Waals surface area contributed by atoms with Crippen molar-refractivity contribution in [1.29, 1.82) is 0 Å². The van der Waals surface area contributed by atoms with E-state index in [4.69, 9.17) is 14.2 Å². The average Bonchev–Trinajstić information content (AvgIpc) is 2.09. The Morgan fingerprint density at radius 3 is 1.94 bits per heavy atom. The highest BCUT2D eigenvalue weighted by Gasteiger charge is 2.28. The van der Waals surface area contributed by atoms with Gasteiger partial charge in [0.05, 0.1) is 0 Å². The van der Waals surface area contributed by atoms with Crippen molar-refractivity contribution in [1.82, 2.24) is 0 Å². The molecule has 5 heteroatoms. The van der Waals surface area contributed by atoms with Crippen molar-refractivity contribution < 1.29 is 23.8 Å². The molecule has 0 aromatic heterocycles. The van der Waals surface area contributed by atoms with E-state index in [0.29, 0.717) is 5.57 Å². The van der Waals surface area contributed by atoms with Crippen LogP contribution in [0.15, 0.2) is 12.2 Å². The van der Waals surface area contributed by atoms with Crippen LogP contribution in [0.1, 0.15) is 41.5 Å². The molecule has 0 fully saturated rings. The van der Waals surface area contributed by atoms with E-state index in [0.717, 1.165) is 0 Å². The maximum absolute atomic E-state index is 11.5. The summed E-state index contributed by atoms with van der Waals surface area (Å²) in [6.07, 6.45) is -0.793. The van der Waals surface area contributed by atoms with E-state index in [2.05, 4.69) is 6.58 Å². The number of esters is 1. The molecule has 0 spiro atoms. The van der Waals surface area contributed by atoms with Crippen LogP contribution in [0.4, 0.5) is 4.79 Å². The minimum absolute atomic E-state index is 0.0576. The smallest absolute Gasteiger partial charge is 0.458 e. The monoisotopic (exact) mass is 258 g/mol. The molecule has 104 valence electrons. The Morgan fingerprint density at radius 1 is 1.06 bits per heavy atom. The first kappa shape index (κ1) is 16.5. The van der Waals surface area contributed by atoms with Crippen LogP contribution in [0.3, 0.4) is 0 Å². The summed E-state index contributed by atoms with van der Waals surface area (Å²) in [5, 5.41) is 0. The molecule has 0 saturated heterocycles. The fourth-order valence-electron chi connectivity index (χ4n) is 0.888. The maximum atomic E-state index is 11.5. The molecule has 5 nitrogen and oxygen atoms in total. The van der Waals surface area contributed by atoms with Gasteiger partial charge in [0.1, 0.15) is 17.8 Å². The first-order valence-electron chi connectivity index (χ1n) is 5.67. The van der Waals surface area contributed by atoms with Gasteiger partial charge in [-0.1, -0.05) is 6.58 Å². The third-order valence-electron chi connectivity index (χ3n) is 1.65. The molecule has 0 heterocycles. The third kappa shape index (κ3) is 7.70. The van der Waals surface area contributed by atoms with E-state index in [-0.39, 0.29) is 6.61 Å². The maximum Gasteiger partial charge on any atom is 0.509 e. The van der Waals surface area contributed by atoms with E-state index >= 15 is 0 Å². The number of hydrogen-bond donors (Lipinski definition) is 0. The van der Waals surface area contributed by atoms with E-state index in [1.807, 2.05) is 0 Å². The molecule has 0 aromatic rings. The summed E-state index contributed by atoms with van der Waals surface area (Å²) >= 11 is 0. The van der Waals surface area contributed by atoms with Crippen molar-refractivity contribution in [2.24, 2.45) is 0 Å². The number of carbonyl (C=O) groups excluding carboxylic acids is 2. The second-order valence-corrected chi connectivity index (χ2v) is 5.68. The fourth-order valence-corrected chi connectivity index (χ4v) is 0.888. The predicted octanol–water partition coefficient (Wildman–Crippen LogP) is 2.84. The van der Waals surface area contributed by atoms with Crippen LogP contribution in [0.25, 0.3) is 0 Å². The summed E-state index contributed by atoms with van der Waals surface area (Å²) in [5.74, 6) is -0.518. The van der Waals surface area contributed by atoms with Gasteiger partial charge in [-0.2, -0.15) is 0 Å². The van der Waals surface area contributed by atoms with Crippen molar-refractivity contribution in [2.45, 2.75) is 52.7 Å². The zero-order valence-corrected chi connectivity index (χ0v) is 12.0. The normalized spacial score (nSPS) is 11.7. The van der Waals surface area contributed by atoms with E-state index in [1.165, 1.54) is 0 Å². The van der Waals surface area contributed by atoms with Crippen LogP contribution in [0.2, 0.25) is 0 Å². The second-order valence-electron chi connectivity index (χ2n) is 5.68. The fraction of sp³-hybridized carbons (Fsp3) is 0.692. The van der Waals surface area contributed by atoms with Crippen molar-refractivity contribution in [2.75, 3.05) is 6.61 Å². The molecule has 0 aliphatic carbocycles. The highest BCUT2D eigenvalue weighted by molar-refractivity contribution is 5.86. The van der Waals surface area contributed by atoms with Gasteiger partial charge in [-0.15, -0.1) is 0 Å². The molecule has 0 aliphatic rings. The molecule has 0 atom stereocenters. The second kappa shape index (κ2) is 5.89. The molecule has 18 heavy (non-hydrogen) atoms. The minimum atomic E-state index is -0.951. The molecule has 0 aromatic carbocycles. The SMILES string of the molecule is C=C(C)C(=O)OCC(C)(C)OC(=O)OC(C)(C)C. The Bertz CT molecular complexity index is 336. The highest BCUT2D eigenvalue weighted by atomic mass is 16.7. The standard InChI is InChI=1S/C13H22O5/c1-9(2)10(14)16-8-13(6,7)18-11(15)17-12(3,4)5/h1,8H2,2-7H3. The molecule has 0 bridgehead atoms. The van der Waals surface area contributed by atoms with Crippen molar-refractivity contribution in [3.8, 4) is 0 Å². The lowest BCUT2D eigenvalue weighted by atomic mass is 10.1. The summed E-state index contributed by atoms with van der Waals surface area (Å²) in [6.45, 7) is 13.4. The van der Waals surface area contributed by atoms with Gasteiger partial charge in [0.15, 0.2) is 0 Å². The van der Waals surface area contributed by atoms with Crippen molar-refractivity contribution in [3.05, 3.63) is 12.2 Å². The molecule has 0 saturated carbocycles. The Morgan fingerprint density at radius 2 is 1.56 bits per heavy atom. The van der Waals surface area contributed by atoms with Crippen LogP contribution in [0.5, 0.6) is 0 Å². The number of ether oxygens (including phenoxy) is 3. The Hall–Kier alpha value is -1.52. The Balaban J connectivity index is 4.27. The lowest BCUT2D eigenvalue weighted by Crippen LogP contribution is -2.37. The lowest BCUT2D eigenvalue weighted by Gasteiger charge is -2.27. The van der Waals surface area contributed by atoms with Crippen LogP contribution < -0.4 is 0 Å². The van der Waals surface area contributed by atoms with Gasteiger partial charge in [0.25, 0.3) is 0 Å². The molecular formula is C13H22O5. The summed E-state index contributed by atoms with van der Waals surface area (Å²) < 4.78 is 15.0. The summed E-state index contributed by atoms with van der Waals surface area (Å²) in [5.41, 5.74) is -1.28. The van der Waals surface area contributed by atoms with Gasteiger partial charge in [-0.25, -0.2) is 9.59 Å². The van der Waals surface area contributed by atoms with Crippen LogP contribution >= 0.6 is 0 Å². The van der Waals surface area contributed by atoms with Gasteiger partial charge in [-0.05, 0) is 41.5 Å². The predicted molar refractivity (Wildman–Crippen MR) is 67.2 cm³/mol. The molecular weight excluding hydrogens is 236 g/mol. The largest absolute Gasteiger partial charge is 0.509 e. The third-order valence-corrected chi connectivity index (χ3v) is 1.65. The topological polar surface area (TPSA) is 61.8 Å². The van der Waals surface area contributed by atoms with Crippen molar-refractivity contribution >= 4 is 12.1 Å². The lowest BCUT2D eigenvalue weighted by molar-refractivity contribution is -0.147. The molecule has 0 amide bonds. The van der Waals surface area contributed by atoms with Crippen molar-refractivity contribution in [3.63, 3.8) is 0 Å². The molecule has 0 rings (SSSR count). The van der Waals surface area contributed by atoms with Crippen LogP contribution in [-0.2, 0) is 19.0 Å². The van der Waals surface area contributed by atoms with Crippen LogP contribution in [-0.4, -0.2) is 29.9 Å². The van der Waals surface area contributed by atoms with Gasteiger partial charge in [-0.3, -0.25) is 0 Å². The first-order valence-corrected chi connectivity index (χ1v) is 5.67. The highest BCUT2D eigenvalue weighted by Crippen LogP contribution is 2.15. The zero-order chi connectivity index (χ0) is 14.6. The number of rotatable bonds is 4. The molecule has 0 N–H and O–H groups in total. The van der Waals surface area contributed by atoms with Gasteiger partial charge >= 0.3 is 12.1 Å². The van der Waals surface area contributed by atoms with Crippen LogP contribution in [0, 0.1) is 0 Å². The summed E-state index contributed by atoms with van der Waals surface area (Å²) in [4.78, 5) is 22.7. The average molecular weight is 258 g/mol. The summed E-state index contributed by atoms with van der Waals surface area (Å²) in [6, 6.07) is 0. The van der Waals surface area contributed by atoms with Gasteiger partial charge in [0, 0.05) is 5.57 Å². The molecule has 0 radical (unpaired) electrons. The van der Waals surface area contributed by atoms with Gasteiger partial charge < -0.3 is 14.2 Å². The minimum Gasteiger partial charge on any atom is -0.458 e. The Kier molecular flexibility index (Phi) is 5.39. The Labute approximate surface area is 108 Å². The van der Waals surface area contributed by atoms with E-state index < -0.39 is 23.3 Å². The molecule has 0 aliphatic heterocycles.